The molecule has 0 atom stereocenters. The number of halogens is 2. The molecule has 0 amide bonds. The van der Waals surface area contributed by atoms with Crippen LogP contribution < -0.4 is 10.1 Å². The molecule has 0 spiro atoms. The monoisotopic (exact) mass is 327 g/mol. The third kappa shape index (κ3) is 3.34. The molecule has 94 valence electrons. The van der Waals surface area contributed by atoms with Gasteiger partial charge in [0.15, 0.2) is 0 Å². The van der Waals surface area contributed by atoms with Crippen LogP contribution in [0.4, 0.5) is 5.82 Å². The fourth-order valence-corrected chi connectivity index (χ4v) is 2.03. The second-order valence-electron chi connectivity index (χ2n) is 3.51. The zero-order valence-corrected chi connectivity index (χ0v) is 12.0. The van der Waals surface area contributed by atoms with Crippen LogP contribution in [0.25, 0.3) is 0 Å². The summed E-state index contributed by atoms with van der Waals surface area (Å²) in [7, 11) is 1.79. The van der Waals surface area contributed by atoms with E-state index >= 15 is 0 Å². The highest BCUT2D eigenvalue weighted by Crippen LogP contribution is 2.28. The van der Waals surface area contributed by atoms with E-state index < -0.39 is 0 Å². The smallest absolute Gasteiger partial charge is 0.144 e. The van der Waals surface area contributed by atoms with Crippen molar-refractivity contribution in [2.75, 3.05) is 12.4 Å². The molecular weight excluding hydrogens is 318 g/mol. The second kappa shape index (κ2) is 6.02. The van der Waals surface area contributed by atoms with Gasteiger partial charge in [0.05, 0.1) is 23.1 Å². The maximum Gasteiger partial charge on any atom is 0.144 e. The maximum atomic E-state index is 6.04. The molecule has 1 N–H and O–H groups in total. The van der Waals surface area contributed by atoms with Crippen molar-refractivity contribution in [2.45, 2.75) is 6.61 Å². The van der Waals surface area contributed by atoms with Gasteiger partial charge in [-0.05, 0) is 18.2 Å². The fourth-order valence-electron chi connectivity index (χ4n) is 1.30. The topological polar surface area (TPSA) is 47.0 Å². The number of anilines is 1. The number of benzene rings is 1. The Bertz CT molecular complexity index is 533. The van der Waals surface area contributed by atoms with Crippen molar-refractivity contribution in [3.63, 3.8) is 0 Å². The van der Waals surface area contributed by atoms with E-state index in [-0.39, 0.29) is 0 Å². The van der Waals surface area contributed by atoms with Crippen LogP contribution in [0, 0.1) is 0 Å². The Morgan fingerprint density at radius 3 is 2.78 bits per heavy atom. The van der Waals surface area contributed by atoms with Gasteiger partial charge >= 0.3 is 0 Å². The molecule has 2 rings (SSSR count). The Morgan fingerprint density at radius 2 is 2.17 bits per heavy atom. The Balaban J connectivity index is 2.02. The summed E-state index contributed by atoms with van der Waals surface area (Å²) in [6.07, 6.45) is 3.32. The van der Waals surface area contributed by atoms with Gasteiger partial charge in [0, 0.05) is 11.5 Å². The summed E-state index contributed by atoms with van der Waals surface area (Å²) in [6.45, 7) is 0.332. The molecule has 1 aromatic carbocycles. The largest absolute Gasteiger partial charge is 0.486 e. The van der Waals surface area contributed by atoms with Gasteiger partial charge in [-0.25, -0.2) is 4.98 Å². The molecule has 0 saturated carbocycles. The fraction of sp³-hybridized carbons (Fsp3) is 0.167. The van der Waals surface area contributed by atoms with Crippen molar-refractivity contribution in [3.8, 4) is 5.75 Å². The van der Waals surface area contributed by atoms with Crippen LogP contribution in [0.15, 0.2) is 35.1 Å². The van der Waals surface area contributed by atoms with E-state index in [0.29, 0.717) is 17.4 Å². The Morgan fingerprint density at radius 1 is 1.33 bits per heavy atom. The third-order valence-electron chi connectivity index (χ3n) is 2.23. The highest BCUT2D eigenvalue weighted by atomic mass is 79.9. The number of hydrogen-bond acceptors (Lipinski definition) is 4. The lowest BCUT2D eigenvalue weighted by Crippen LogP contribution is -2.01. The molecule has 0 saturated heterocycles. The third-order valence-corrected chi connectivity index (χ3v) is 3.02. The number of hydrogen-bond donors (Lipinski definition) is 1. The normalized spacial score (nSPS) is 10.2. The molecule has 0 aliphatic carbocycles. The van der Waals surface area contributed by atoms with Crippen LogP contribution in [-0.2, 0) is 6.61 Å². The molecule has 18 heavy (non-hydrogen) atoms. The van der Waals surface area contributed by atoms with E-state index in [4.69, 9.17) is 16.3 Å². The molecule has 0 aliphatic rings. The summed E-state index contributed by atoms with van der Waals surface area (Å²) in [5.41, 5.74) is 0.744. The minimum Gasteiger partial charge on any atom is -0.486 e. The molecular formula is C12H11BrClN3O. The van der Waals surface area contributed by atoms with Gasteiger partial charge in [-0.3, -0.25) is 4.98 Å². The first kappa shape index (κ1) is 13.1. The summed E-state index contributed by atoms with van der Waals surface area (Å²) < 4.78 is 6.49. The van der Waals surface area contributed by atoms with Gasteiger partial charge in [0.2, 0.25) is 0 Å². The lowest BCUT2D eigenvalue weighted by molar-refractivity contribution is 0.301. The first-order valence-corrected chi connectivity index (χ1v) is 6.42. The van der Waals surface area contributed by atoms with Crippen LogP contribution in [0.5, 0.6) is 5.75 Å². The van der Waals surface area contributed by atoms with Gasteiger partial charge in [-0.2, -0.15) is 0 Å². The Labute approximate surface area is 118 Å². The average Bonchev–Trinajstić information content (AvgIpc) is 2.38. The van der Waals surface area contributed by atoms with Crippen molar-refractivity contribution >= 4 is 33.3 Å². The van der Waals surface area contributed by atoms with Gasteiger partial charge in [-0.15, -0.1) is 0 Å². The Kier molecular flexibility index (Phi) is 4.38. The van der Waals surface area contributed by atoms with Crippen molar-refractivity contribution in [3.05, 3.63) is 45.8 Å². The van der Waals surface area contributed by atoms with E-state index in [1.54, 1.807) is 25.5 Å². The van der Waals surface area contributed by atoms with Gasteiger partial charge in [0.25, 0.3) is 0 Å². The molecule has 0 unspecified atom stereocenters. The zero-order chi connectivity index (χ0) is 13.0. The van der Waals surface area contributed by atoms with Crippen molar-refractivity contribution < 1.29 is 4.74 Å². The lowest BCUT2D eigenvalue weighted by Gasteiger charge is -2.08. The van der Waals surface area contributed by atoms with Crippen LogP contribution >= 0.6 is 27.5 Å². The van der Waals surface area contributed by atoms with E-state index in [1.807, 2.05) is 12.1 Å². The highest BCUT2D eigenvalue weighted by Gasteiger charge is 2.03. The first-order chi connectivity index (χ1) is 8.69. The minimum absolute atomic E-state index is 0.332. The highest BCUT2D eigenvalue weighted by molar-refractivity contribution is 9.10. The summed E-state index contributed by atoms with van der Waals surface area (Å²) in [4.78, 5) is 8.36. The molecule has 0 fully saturated rings. The van der Waals surface area contributed by atoms with Crippen LogP contribution in [0.3, 0.4) is 0 Å². The first-order valence-electron chi connectivity index (χ1n) is 5.25. The molecule has 0 aliphatic heterocycles. The van der Waals surface area contributed by atoms with Crippen molar-refractivity contribution in [2.24, 2.45) is 0 Å². The van der Waals surface area contributed by atoms with Crippen LogP contribution in [0.2, 0.25) is 5.02 Å². The van der Waals surface area contributed by atoms with Crippen molar-refractivity contribution in [1.82, 2.24) is 9.97 Å². The zero-order valence-electron chi connectivity index (χ0n) is 9.65. The van der Waals surface area contributed by atoms with Crippen LogP contribution in [0.1, 0.15) is 5.69 Å². The van der Waals surface area contributed by atoms with Gasteiger partial charge < -0.3 is 10.1 Å². The van der Waals surface area contributed by atoms with Gasteiger partial charge in [-0.1, -0.05) is 27.5 Å². The molecule has 6 heteroatoms. The second-order valence-corrected chi connectivity index (χ2v) is 4.83. The molecule has 0 radical (unpaired) electrons. The summed E-state index contributed by atoms with van der Waals surface area (Å²) in [5.74, 6) is 1.35. The summed E-state index contributed by atoms with van der Waals surface area (Å²) >= 11 is 9.38. The quantitative estimate of drug-likeness (QED) is 0.933. The van der Waals surface area contributed by atoms with E-state index in [9.17, 15) is 0 Å². The predicted octanol–water partition coefficient (Wildman–Crippen LogP) is 3.51. The van der Waals surface area contributed by atoms with E-state index in [1.165, 1.54) is 0 Å². The number of nitrogens with one attached hydrogen (secondary N) is 1. The minimum atomic E-state index is 0.332. The van der Waals surface area contributed by atoms with E-state index in [2.05, 4.69) is 31.2 Å². The van der Waals surface area contributed by atoms with E-state index in [0.717, 1.165) is 16.0 Å². The standard InChI is InChI=1S/C12H11BrClN3O/c1-15-12-6-16-9(5-17-12)7-18-11-3-2-8(13)4-10(11)14/h2-6H,7H2,1H3,(H,15,17). The van der Waals surface area contributed by atoms with Gasteiger partial charge in [0.1, 0.15) is 18.2 Å². The molecule has 1 heterocycles. The number of aromatic nitrogens is 2. The number of rotatable bonds is 4. The summed E-state index contributed by atoms with van der Waals surface area (Å²) in [6, 6.07) is 5.46. The number of ether oxygens (including phenoxy) is 1. The SMILES string of the molecule is CNc1cnc(COc2ccc(Br)cc2Cl)cn1. The van der Waals surface area contributed by atoms with Crippen molar-refractivity contribution in [1.29, 1.82) is 0 Å². The molecule has 2 aromatic rings. The predicted molar refractivity (Wildman–Crippen MR) is 75.1 cm³/mol. The average molecular weight is 329 g/mol. The maximum absolute atomic E-state index is 6.04. The summed E-state index contributed by atoms with van der Waals surface area (Å²) in [5, 5.41) is 3.46. The molecule has 0 bridgehead atoms. The lowest BCUT2D eigenvalue weighted by atomic mass is 10.3. The molecule has 4 nitrogen and oxygen atoms in total. The number of nitrogens with zero attached hydrogens (tertiary/aromatic N) is 2. The molecule has 1 aromatic heterocycles. The van der Waals surface area contributed by atoms with Crippen LogP contribution in [-0.4, -0.2) is 17.0 Å². The Hall–Kier alpha value is -1.33.